The quantitative estimate of drug-likeness (QED) is 0.781. The van der Waals surface area contributed by atoms with Crippen molar-refractivity contribution in [2.24, 2.45) is 0 Å². The van der Waals surface area contributed by atoms with Crippen molar-refractivity contribution in [2.75, 3.05) is 6.54 Å². The van der Waals surface area contributed by atoms with E-state index in [1.54, 1.807) is 13.1 Å². The minimum Gasteiger partial charge on any atom is -0.442 e. The van der Waals surface area contributed by atoms with Gasteiger partial charge >= 0.3 is 0 Å². The molecule has 0 spiro atoms. The molecule has 0 unspecified atom stereocenters. The Morgan fingerprint density at radius 1 is 1.44 bits per heavy atom. The first-order chi connectivity index (χ1) is 12.0. The van der Waals surface area contributed by atoms with Gasteiger partial charge in [0.15, 0.2) is 0 Å². The van der Waals surface area contributed by atoms with Gasteiger partial charge in [0.05, 0.1) is 30.7 Å². The molecule has 0 saturated carbocycles. The zero-order valence-electron chi connectivity index (χ0n) is 14.2. The molecule has 0 bridgehead atoms. The maximum absolute atomic E-state index is 13.2. The Bertz CT molecular complexity index is 999. The number of nitrogens with zero attached hydrogens (tertiary/aromatic N) is 4. The van der Waals surface area contributed by atoms with Crippen LogP contribution in [0.4, 0.5) is 0 Å². The lowest BCUT2D eigenvalue weighted by atomic mass is 10.1. The average Bonchev–Trinajstić information content (AvgIpc) is 3.26. The highest BCUT2D eigenvalue weighted by molar-refractivity contribution is 6.06. The van der Waals surface area contributed by atoms with Gasteiger partial charge in [-0.05, 0) is 32.3 Å². The van der Waals surface area contributed by atoms with Crippen LogP contribution in [0.15, 0.2) is 27.9 Å². The second kappa shape index (κ2) is 5.87. The second-order valence-corrected chi connectivity index (χ2v) is 6.48. The van der Waals surface area contributed by atoms with E-state index in [-0.39, 0.29) is 28.6 Å². The fraction of sp³-hybridized carbons (Fsp3) is 0.412. The van der Waals surface area contributed by atoms with Crippen LogP contribution < -0.4 is 5.56 Å². The maximum Gasteiger partial charge on any atom is 0.262 e. The normalized spacial score (nSPS) is 17.5. The number of aryl methyl sites for hydroxylation is 2. The lowest BCUT2D eigenvalue weighted by molar-refractivity contribution is 0.0721. The molecular weight excluding hydrogens is 322 g/mol. The highest BCUT2D eigenvalue weighted by Gasteiger charge is 2.33. The van der Waals surface area contributed by atoms with Crippen LogP contribution in [0.5, 0.6) is 0 Å². The van der Waals surface area contributed by atoms with Crippen molar-refractivity contribution in [3.8, 4) is 0 Å². The van der Waals surface area contributed by atoms with Crippen molar-refractivity contribution in [3.05, 3.63) is 46.0 Å². The lowest BCUT2D eigenvalue weighted by Crippen LogP contribution is -2.38. The van der Waals surface area contributed by atoms with Gasteiger partial charge in [-0.15, -0.1) is 0 Å². The molecule has 1 aliphatic heterocycles. The largest absolute Gasteiger partial charge is 0.442 e. The number of carbonyl (C=O) groups is 1. The van der Waals surface area contributed by atoms with Crippen molar-refractivity contribution >= 4 is 17.0 Å². The molecule has 8 nitrogen and oxygen atoms in total. The van der Waals surface area contributed by atoms with Crippen molar-refractivity contribution in [2.45, 2.75) is 39.3 Å². The third-order valence-corrected chi connectivity index (χ3v) is 4.68. The van der Waals surface area contributed by atoms with Gasteiger partial charge in [0.2, 0.25) is 5.71 Å². The summed E-state index contributed by atoms with van der Waals surface area (Å²) in [5.41, 5.74) is 1.24. The number of aromatic amines is 1. The van der Waals surface area contributed by atoms with Crippen LogP contribution in [-0.2, 0) is 6.54 Å². The Hall–Kier alpha value is -2.90. The molecule has 0 radical (unpaired) electrons. The molecule has 1 atom stereocenters. The van der Waals surface area contributed by atoms with Crippen LogP contribution in [0.1, 0.15) is 34.5 Å². The lowest BCUT2D eigenvalue weighted by Gasteiger charge is -2.24. The summed E-state index contributed by atoms with van der Waals surface area (Å²) in [6, 6.07) is 0.0481. The summed E-state index contributed by atoms with van der Waals surface area (Å²) in [6.45, 7) is 4.98. The van der Waals surface area contributed by atoms with Crippen LogP contribution in [0.25, 0.3) is 11.1 Å². The first-order valence-electron chi connectivity index (χ1n) is 8.31. The number of aromatic nitrogens is 4. The van der Waals surface area contributed by atoms with E-state index in [0.717, 1.165) is 18.4 Å². The molecular formula is C17H19N5O3. The minimum absolute atomic E-state index is 0.0481. The molecule has 1 aliphatic rings. The third kappa shape index (κ3) is 2.63. The number of likely N-dealkylation sites (tertiary alicyclic amines) is 1. The van der Waals surface area contributed by atoms with Gasteiger partial charge in [0.25, 0.3) is 11.5 Å². The van der Waals surface area contributed by atoms with Gasteiger partial charge in [-0.2, -0.15) is 5.10 Å². The van der Waals surface area contributed by atoms with Crippen molar-refractivity contribution < 1.29 is 9.21 Å². The maximum atomic E-state index is 13.2. The van der Waals surface area contributed by atoms with Crippen LogP contribution in [0, 0.1) is 13.8 Å². The highest BCUT2D eigenvalue weighted by Crippen LogP contribution is 2.27. The van der Waals surface area contributed by atoms with Gasteiger partial charge in [-0.3, -0.25) is 14.3 Å². The van der Waals surface area contributed by atoms with E-state index in [9.17, 15) is 9.59 Å². The van der Waals surface area contributed by atoms with E-state index in [0.29, 0.717) is 24.4 Å². The van der Waals surface area contributed by atoms with Crippen LogP contribution >= 0.6 is 0 Å². The van der Waals surface area contributed by atoms with Crippen LogP contribution in [-0.4, -0.2) is 43.1 Å². The van der Waals surface area contributed by atoms with Gasteiger partial charge in [0, 0.05) is 12.7 Å². The number of hydrogen-bond donors (Lipinski definition) is 1. The van der Waals surface area contributed by atoms with Crippen LogP contribution in [0.3, 0.4) is 0 Å². The van der Waals surface area contributed by atoms with E-state index in [1.807, 2.05) is 22.7 Å². The molecule has 130 valence electrons. The number of rotatable bonds is 3. The molecule has 3 aromatic rings. The highest BCUT2D eigenvalue weighted by atomic mass is 16.3. The van der Waals surface area contributed by atoms with E-state index >= 15 is 0 Å². The number of H-pyrrole nitrogens is 1. The number of nitrogens with one attached hydrogen (secondary N) is 1. The summed E-state index contributed by atoms with van der Waals surface area (Å²) in [7, 11) is 0. The van der Waals surface area contributed by atoms with Gasteiger partial charge < -0.3 is 14.3 Å². The SMILES string of the molecule is Cc1cnn(C[C@@H]2CCCN2C(=O)c2c(C)oc3nc[nH]c(=O)c23)c1. The molecule has 0 aromatic carbocycles. The number of fused-ring (bicyclic) bond motifs is 1. The second-order valence-electron chi connectivity index (χ2n) is 6.48. The van der Waals surface area contributed by atoms with Crippen molar-refractivity contribution in [1.29, 1.82) is 0 Å². The van der Waals surface area contributed by atoms with Gasteiger partial charge in [-0.1, -0.05) is 0 Å². The number of furan rings is 1. The Labute approximate surface area is 143 Å². The summed E-state index contributed by atoms with van der Waals surface area (Å²) >= 11 is 0. The van der Waals surface area contributed by atoms with Crippen molar-refractivity contribution in [1.82, 2.24) is 24.6 Å². The molecule has 1 fully saturated rings. The summed E-state index contributed by atoms with van der Waals surface area (Å²) in [6.07, 6.45) is 6.89. The standard InChI is InChI=1S/C17H19N5O3/c1-10-6-20-21(7-10)8-12-4-3-5-22(12)17(24)13-11(2)25-16-14(13)15(23)18-9-19-16/h6-7,9,12H,3-5,8H2,1-2H3,(H,18,19,23)/t12-/m0/s1. The van der Waals surface area contributed by atoms with E-state index in [4.69, 9.17) is 4.42 Å². The number of amides is 1. The topological polar surface area (TPSA) is 97.0 Å². The molecule has 1 amide bonds. The van der Waals surface area contributed by atoms with Crippen LogP contribution in [0.2, 0.25) is 0 Å². The summed E-state index contributed by atoms with van der Waals surface area (Å²) in [4.78, 5) is 33.7. The molecule has 1 saturated heterocycles. The number of carbonyl (C=O) groups excluding carboxylic acids is 1. The van der Waals surface area contributed by atoms with Crippen molar-refractivity contribution in [3.63, 3.8) is 0 Å². The zero-order chi connectivity index (χ0) is 17.6. The van der Waals surface area contributed by atoms with E-state index in [1.165, 1.54) is 6.33 Å². The monoisotopic (exact) mass is 341 g/mol. The minimum atomic E-state index is -0.358. The predicted molar refractivity (Wildman–Crippen MR) is 90.4 cm³/mol. The Morgan fingerprint density at radius 3 is 3.04 bits per heavy atom. The summed E-state index contributed by atoms with van der Waals surface area (Å²) in [5, 5.41) is 4.54. The Balaban J connectivity index is 1.68. The fourth-order valence-corrected chi connectivity index (χ4v) is 3.53. The predicted octanol–water partition coefficient (Wildman–Crippen LogP) is 1.63. The first-order valence-corrected chi connectivity index (χ1v) is 8.31. The van der Waals surface area contributed by atoms with E-state index < -0.39 is 0 Å². The smallest absolute Gasteiger partial charge is 0.262 e. The Morgan fingerprint density at radius 2 is 2.28 bits per heavy atom. The number of hydrogen-bond acceptors (Lipinski definition) is 5. The van der Waals surface area contributed by atoms with Gasteiger partial charge in [0.1, 0.15) is 11.1 Å². The molecule has 1 N–H and O–H groups in total. The van der Waals surface area contributed by atoms with E-state index in [2.05, 4.69) is 15.1 Å². The fourth-order valence-electron chi connectivity index (χ4n) is 3.53. The molecule has 0 aliphatic carbocycles. The third-order valence-electron chi connectivity index (χ3n) is 4.68. The summed E-state index contributed by atoms with van der Waals surface area (Å²) in [5.74, 6) is 0.242. The zero-order valence-corrected chi connectivity index (χ0v) is 14.2. The summed E-state index contributed by atoms with van der Waals surface area (Å²) < 4.78 is 7.38. The average molecular weight is 341 g/mol. The molecule has 3 aromatic heterocycles. The Kier molecular flexibility index (Phi) is 3.67. The molecule has 8 heteroatoms. The molecule has 4 heterocycles. The molecule has 25 heavy (non-hydrogen) atoms. The first kappa shape index (κ1) is 15.6. The molecule has 4 rings (SSSR count). The van der Waals surface area contributed by atoms with Gasteiger partial charge in [-0.25, -0.2) is 4.98 Å².